The van der Waals surface area contributed by atoms with Crippen molar-refractivity contribution in [2.45, 2.75) is 156 Å². The number of aliphatic carboxylic acids is 1. The van der Waals surface area contributed by atoms with Crippen molar-refractivity contribution in [2.75, 3.05) is 0 Å². The molecule has 1 aliphatic heterocycles. The fourth-order valence-electron chi connectivity index (χ4n) is 11.9. The molecule has 40 heavy (non-hydrogen) atoms. The molecule has 5 fully saturated rings. The minimum Gasteiger partial charge on any atom is -0.481 e. The van der Waals surface area contributed by atoms with E-state index in [0.29, 0.717) is 17.8 Å². The number of esters is 1. The topological polar surface area (TPSA) is 93.1 Å². The zero-order valence-corrected chi connectivity index (χ0v) is 26.5. The van der Waals surface area contributed by atoms with Crippen LogP contribution in [0.4, 0.5) is 0 Å². The lowest BCUT2D eigenvalue weighted by atomic mass is 9.35. The van der Waals surface area contributed by atoms with Gasteiger partial charge in [-0.3, -0.25) is 9.59 Å². The van der Waals surface area contributed by atoms with E-state index in [2.05, 4.69) is 55.4 Å². The van der Waals surface area contributed by atoms with Crippen LogP contribution >= 0.6 is 0 Å². The summed E-state index contributed by atoms with van der Waals surface area (Å²) < 4.78 is 12.8. The van der Waals surface area contributed by atoms with Crippen molar-refractivity contribution in [1.82, 2.24) is 0 Å². The zero-order valence-electron chi connectivity index (χ0n) is 26.5. The van der Waals surface area contributed by atoms with Gasteiger partial charge in [-0.25, -0.2) is 0 Å². The molecule has 10 atom stereocenters. The van der Waals surface area contributed by atoms with Gasteiger partial charge in [-0.15, -0.1) is 0 Å². The second-order valence-corrected chi connectivity index (χ2v) is 16.7. The first-order chi connectivity index (χ1) is 18.4. The van der Waals surface area contributed by atoms with Gasteiger partial charge in [0.05, 0.1) is 30.1 Å². The Kier molecular flexibility index (Phi) is 7.35. The quantitative estimate of drug-likeness (QED) is 0.347. The zero-order chi connectivity index (χ0) is 29.5. The van der Waals surface area contributed by atoms with Gasteiger partial charge < -0.3 is 19.7 Å². The van der Waals surface area contributed by atoms with Crippen LogP contribution in [0.15, 0.2) is 0 Å². The summed E-state index contributed by atoms with van der Waals surface area (Å²) in [7, 11) is 0. The summed E-state index contributed by atoms with van der Waals surface area (Å²) in [6.07, 6.45) is 9.73. The van der Waals surface area contributed by atoms with E-state index in [0.717, 1.165) is 57.8 Å². The average molecular weight is 561 g/mol. The molecular weight excluding hydrogens is 504 g/mol. The Morgan fingerprint density at radius 3 is 2.15 bits per heavy atom. The van der Waals surface area contributed by atoms with Crippen LogP contribution in [0.2, 0.25) is 0 Å². The Labute approximate surface area is 242 Å². The van der Waals surface area contributed by atoms with Gasteiger partial charge in [-0.2, -0.15) is 0 Å². The fourth-order valence-corrected chi connectivity index (χ4v) is 11.9. The highest BCUT2D eigenvalue weighted by atomic mass is 16.5. The largest absolute Gasteiger partial charge is 0.481 e. The van der Waals surface area contributed by atoms with Crippen molar-refractivity contribution in [2.24, 2.45) is 45.3 Å². The van der Waals surface area contributed by atoms with E-state index in [1.54, 1.807) is 0 Å². The van der Waals surface area contributed by atoms with Crippen LogP contribution in [0.5, 0.6) is 0 Å². The van der Waals surface area contributed by atoms with Crippen LogP contribution in [0, 0.1) is 45.3 Å². The second kappa shape index (κ2) is 9.69. The number of carboxylic acid groups (broad SMARTS) is 1. The molecular formula is C34H56O6. The Morgan fingerprint density at radius 2 is 1.50 bits per heavy atom. The van der Waals surface area contributed by atoms with Gasteiger partial charge in [0.2, 0.25) is 0 Å². The maximum absolute atomic E-state index is 12.5. The number of carboxylic acids is 1. The number of fused-ring (bicyclic) bond motifs is 5. The van der Waals surface area contributed by atoms with Crippen LogP contribution in [-0.4, -0.2) is 45.6 Å². The van der Waals surface area contributed by atoms with Crippen molar-refractivity contribution >= 4 is 11.9 Å². The van der Waals surface area contributed by atoms with E-state index in [4.69, 9.17) is 14.6 Å². The highest BCUT2D eigenvalue weighted by Crippen LogP contribution is 2.76. The molecule has 1 saturated heterocycles. The molecule has 0 aromatic carbocycles. The van der Waals surface area contributed by atoms with Crippen LogP contribution in [0.1, 0.15) is 132 Å². The lowest BCUT2D eigenvalue weighted by molar-refractivity contribution is -0.259. The molecule has 2 N–H and O–H groups in total. The molecule has 0 radical (unpaired) electrons. The second-order valence-electron chi connectivity index (χ2n) is 16.7. The molecule has 0 spiro atoms. The standard InChI is InChI=1S/C34H56O6/c1-29(2)15-9-16-34(8,40-29)21-12-18-33(7)28(21)22(35)20-24-31(5)17-14-25(39-27(38)11-10-26(36)37)30(3,4)23(31)13-19-32(24,33)6/h21-25,28,35H,9-20H2,1-8H3,(H,36,37)/t21?,22-,23?,24?,25+,28?,31+,32-,33-,34-/m1/s1. The number of hydrogen-bond acceptors (Lipinski definition) is 5. The lowest BCUT2D eigenvalue weighted by Crippen LogP contribution is -2.67. The van der Waals surface area contributed by atoms with Crippen LogP contribution < -0.4 is 0 Å². The monoisotopic (exact) mass is 560 g/mol. The lowest BCUT2D eigenvalue weighted by Gasteiger charge is -2.70. The van der Waals surface area contributed by atoms with E-state index in [9.17, 15) is 14.7 Å². The molecule has 0 bridgehead atoms. The first-order valence-electron chi connectivity index (χ1n) is 16.2. The summed E-state index contributed by atoms with van der Waals surface area (Å²) in [6, 6.07) is 0. The summed E-state index contributed by atoms with van der Waals surface area (Å²) in [5, 5.41) is 21.1. The third kappa shape index (κ3) is 4.48. The van der Waals surface area contributed by atoms with Gasteiger partial charge in [0, 0.05) is 5.41 Å². The molecule has 5 rings (SSSR count). The summed E-state index contributed by atoms with van der Waals surface area (Å²) in [4.78, 5) is 23.5. The third-order valence-corrected chi connectivity index (χ3v) is 13.9. The molecule has 6 heteroatoms. The van der Waals surface area contributed by atoms with Crippen molar-refractivity contribution in [3.05, 3.63) is 0 Å². The minimum atomic E-state index is -0.969. The number of aliphatic hydroxyl groups excluding tert-OH is 1. The Hall–Kier alpha value is -1.14. The molecule has 4 unspecified atom stereocenters. The number of aliphatic hydroxyl groups is 1. The minimum absolute atomic E-state index is 0.0563. The Morgan fingerprint density at radius 1 is 0.825 bits per heavy atom. The van der Waals surface area contributed by atoms with Crippen molar-refractivity contribution in [3.63, 3.8) is 0 Å². The van der Waals surface area contributed by atoms with Gasteiger partial charge in [0.25, 0.3) is 0 Å². The number of carbonyl (C=O) groups is 2. The van der Waals surface area contributed by atoms with E-state index < -0.39 is 11.9 Å². The molecule has 0 aromatic rings. The number of hydrogen-bond donors (Lipinski definition) is 2. The van der Waals surface area contributed by atoms with Gasteiger partial charge in [-0.05, 0) is 125 Å². The third-order valence-electron chi connectivity index (χ3n) is 13.9. The molecule has 228 valence electrons. The van der Waals surface area contributed by atoms with E-state index in [1.165, 1.54) is 6.42 Å². The fraction of sp³-hybridized carbons (Fsp3) is 0.941. The predicted molar refractivity (Wildman–Crippen MR) is 155 cm³/mol. The summed E-state index contributed by atoms with van der Waals surface area (Å²) in [5.74, 6) is 0.0669. The summed E-state index contributed by atoms with van der Waals surface area (Å²) >= 11 is 0. The SMILES string of the molecule is CC1(C)CCC[C@](C)(C2CC[C@]3(C)C2[C@H](O)CC2[C@@]4(C)CC[C@H](OC(=O)CCC(=O)O)C(C)(C)C4CC[C@]23C)O1. The molecule has 5 aliphatic rings. The normalized spacial score (nSPS) is 49.3. The van der Waals surface area contributed by atoms with Gasteiger partial charge in [-0.1, -0.05) is 34.6 Å². The summed E-state index contributed by atoms with van der Waals surface area (Å²) in [5.41, 5.74) is -0.237. The van der Waals surface area contributed by atoms with Gasteiger partial charge in [0.1, 0.15) is 6.10 Å². The smallest absolute Gasteiger partial charge is 0.306 e. The maximum atomic E-state index is 12.5. The molecule has 6 nitrogen and oxygen atoms in total. The Bertz CT molecular complexity index is 1020. The molecule has 4 aliphatic carbocycles. The van der Waals surface area contributed by atoms with Crippen LogP contribution in [0.3, 0.4) is 0 Å². The average Bonchev–Trinajstić information content (AvgIpc) is 3.21. The van der Waals surface area contributed by atoms with Crippen molar-refractivity contribution in [1.29, 1.82) is 0 Å². The molecule has 1 heterocycles. The first-order valence-corrected chi connectivity index (χ1v) is 16.2. The molecule has 4 saturated carbocycles. The number of ether oxygens (including phenoxy) is 2. The number of carbonyl (C=O) groups excluding carboxylic acids is 1. The van der Waals surface area contributed by atoms with Crippen molar-refractivity contribution in [3.8, 4) is 0 Å². The maximum Gasteiger partial charge on any atom is 0.306 e. The highest BCUT2D eigenvalue weighted by molar-refractivity contribution is 5.76. The first kappa shape index (κ1) is 30.3. The van der Waals surface area contributed by atoms with Crippen molar-refractivity contribution < 1.29 is 29.3 Å². The predicted octanol–water partition coefficient (Wildman–Crippen LogP) is 7.16. The van der Waals surface area contributed by atoms with Gasteiger partial charge in [0.15, 0.2) is 0 Å². The molecule has 0 aromatic heterocycles. The van der Waals surface area contributed by atoms with E-state index >= 15 is 0 Å². The Balaban J connectivity index is 1.40. The highest BCUT2D eigenvalue weighted by Gasteiger charge is 2.72. The van der Waals surface area contributed by atoms with Crippen LogP contribution in [-0.2, 0) is 19.1 Å². The molecule has 0 amide bonds. The van der Waals surface area contributed by atoms with Gasteiger partial charge >= 0.3 is 11.9 Å². The van der Waals surface area contributed by atoms with E-state index in [-0.39, 0.29) is 63.8 Å². The number of rotatable bonds is 5. The summed E-state index contributed by atoms with van der Waals surface area (Å²) in [6.45, 7) is 18.9. The van der Waals surface area contributed by atoms with E-state index in [1.807, 2.05) is 0 Å². The van der Waals surface area contributed by atoms with Crippen LogP contribution in [0.25, 0.3) is 0 Å².